The van der Waals surface area contributed by atoms with Gasteiger partial charge in [-0.25, -0.2) is 0 Å². The molecule has 0 aliphatic carbocycles. The maximum atomic E-state index is 13.7. The number of morpholine rings is 1. The fourth-order valence-corrected chi connectivity index (χ4v) is 5.52. The van der Waals surface area contributed by atoms with Gasteiger partial charge in [-0.3, -0.25) is 14.4 Å². The molecule has 1 spiro atoms. The van der Waals surface area contributed by atoms with Crippen LogP contribution in [-0.2, 0) is 9.53 Å². The zero-order valence-electron chi connectivity index (χ0n) is 19.6. The van der Waals surface area contributed by atoms with E-state index in [1.54, 1.807) is 0 Å². The summed E-state index contributed by atoms with van der Waals surface area (Å²) in [6, 6.07) is 23.4. The maximum Gasteiger partial charge on any atom is 0.256 e. The van der Waals surface area contributed by atoms with Gasteiger partial charge in [0.15, 0.2) is 5.60 Å². The van der Waals surface area contributed by atoms with Crippen molar-refractivity contribution in [1.82, 2.24) is 19.6 Å². The van der Waals surface area contributed by atoms with Crippen molar-refractivity contribution < 1.29 is 9.53 Å². The Bertz CT molecular complexity index is 1060. The topological polar surface area (TPSA) is 50.6 Å². The summed E-state index contributed by atoms with van der Waals surface area (Å²) in [4.78, 5) is 18.0. The molecule has 172 valence electrons. The molecule has 1 aromatic heterocycles. The van der Waals surface area contributed by atoms with E-state index in [2.05, 4.69) is 78.4 Å². The Hall–Kier alpha value is -2.96. The molecule has 0 saturated carbocycles. The number of likely N-dealkylation sites (N-methyl/N-ethyl adjacent to an activating group) is 1. The Morgan fingerprint density at radius 1 is 1.00 bits per heavy atom. The van der Waals surface area contributed by atoms with Gasteiger partial charge in [-0.1, -0.05) is 60.7 Å². The van der Waals surface area contributed by atoms with Crippen LogP contribution in [0.5, 0.6) is 0 Å². The molecule has 33 heavy (non-hydrogen) atoms. The van der Waals surface area contributed by atoms with E-state index in [0.717, 1.165) is 5.69 Å². The second kappa shape index (κ2) is 8.76. The van der Waals surface area contributed by atoms with Crippen LogP contribution in [0.1, 0.15) is 48.7 Å². The largest absolute Gasteiger partial charge is 0.361 e. The highest BCUT2D eigenvalue weighted by atomic mass is 16.5. The molecule has 2 saturated heterocycles. The molecule has 2 fully saturated rings. The van der Waals surface area contributed by atoms with Crippen molar-refractivity contribution >= 4 is 5.91 Å². The van der Waals surface area contributed by atoms with Gasteiger partial charge in [-0.05, 0) is 31.0 Å². The minimum atomic E-state index is -0.915. The summed E-state index contributed by atoms with van der Waals surface area (Å²) in [7, 11) is 1.89. The summed E-state index contributed by atoms with van der Waals surface area (Å²) in [5.74, 6) is -0.0368. The molecular weight excluding hydrogens is 412 g/mol. The third-order valence-corrected chi connectivity index (χ3v) is 7.06. The first-order valence-corrected chi connectivity index (χ1v) is 11.8. The smallest absolute Gasteiger partial charge is 0.256 e. The summed E-state index contributed by atoms with van der Waals surface area (Å²) in [6.07, 6.45) is 1.84. The van der Waals surface area contributed by atoms with Gasteiger partial charge in [-0.2, -0.15) is 5.10 Å². The molecule has 5 rings (SSSR count). The Morgan fingerprint density at radius 3 is 2.24 bits per heavy atom. The van der Waals surface area contributed by atoms with Crippen LogP contribution in [0, 0.1) is 0 Å². The van der Waals surface area contributed by atoms with Crippen LogP contribution in [-0.4, -0.2) is 64.4 Å². The number of hydrogen-bond acceptors (Lipinski definition) is 4. The molecule has 3 heterocycles. The fraction of sp³-hybridized carbons (Fsp3) is 0.407. The maximum absolute atomic E-state index is 13.7. The van der Waals surface area contributed by atoms with Gasteiger partial charge in [0.2, 0.25) is 0 Å². The Morgan fingerprint density at radius 2 is 1.64 bits per heavy atom. The average molecular weight is 445 g/mol. The van der Waals surface area contributed by atoms with E-state index in [0.29, 0.717) is 26.2 Å². The lowest BCUT2D eigenvalue weighted by Gasteiger charge is -2.41. The Kier molecular flexibility index (Phi) is 5.81. The molecule has 2 aromatic carbocycles. The monoisotopic (exact) mass is 444 g/mol. The lowest BCUT2D eigenvalue weighted by molar-refractivity contribution is -0.170. The lowest BCUT2D eigenvalue weighted by atomic mass is 9.85. The van der Waals surface area contributed by atoms with Crippen LogP contribution >= 0.6 is 0 Å². The Labute approximate surface area is 195 Å². The number of hydrogen-bond donors (Lipinski definition) is 0. The zero-order valence-corrected chi connectivity index (χ0v) is 19.6. The van der Waals surface area contributed by atoms with Crippen molar-refractivity contribution in [3.05, 3.63) is 89.7 Å². The van der Waals surface area contributed by atoms with Gasteiger partial charge in [-0.15, -0.1) is 0 Å². The minimum absolute atomic E-state index is 0.0355. The molecule has 2 aliphatic heterocycles. The number of amides is 1. The number of ether oxygens (including phenoxy) is 1. The van der Waals surface area contributed by atoms with Gasteiger partial charge >= 0.3 is 0 Å². The predicted octanol–water partition coefficient (Wildman–Crippen LogP) is 3.88. The van der Waals surface area contributed by atoms with E-state index in [1.165, 1.54) is 11.1 Å². The van der Waals surface area contributed by atoms with Crippen molar-refractivity contribution in [2.45, 2.75) is 37.5 Å². The van der Waals surface area contributed by atoms with Crippen LogP contribution in [0.3, 0.4) is 0 Å². The number of likely N-dealkylation sites (tertiary alicyclic amines) is 1. The summed E-state index contributed by atoms with van der Waals surface area (Å²) >= 11 is 0. The van der Waals surface area contributed by atoms with Crippen LogP contribution in [0.4, 0.5) is 0 Å². The quantitative estimate of drug-likeness (QED) is 0.599. The van der Waals surface area contributed by atoms with Crippen LogP contribution in [0.2, 0.25) is 0 Å². The van der Waals surface area contributed by atoms with Crippen molar-refractivity contribution in [1.29, 1.82) is 0 Å². The van der Waals surface area contributed by atoms with Gasteiger partial charge in [0.25, 0.3) is 5.91 Å². The third-order valence-electron chi connectivity index (χ3n) is 7.06. The predicted molar refractivity (Wildman–Crippen MR) is 128 cm³/mol. The second-order valence-corrected chi connectivity index (χ2v) is 9.46. The number of carbonyl (C=O) groups excluding carboxylic acids is 1. The third kappa shape index (κ3) is 3.77. The zero-order chi connectivity index (χ0) is 23.0. The van der Waals surface area contributed by atoms with E-state index in [-0.39, 0.29) is 23.9 Å². The van der Waals surface area contributed by atoms with E-state index >= 15 is 0 Å². The molecule has 6 nitrogen and oxygen atoms in total. The SMILES string of the molecule is CC(C)n1nccc1[C@@H]1CN(C(c2ccccc2)c2ccccc2)C[C@@]12OCCN(C)C2=O. The van der Waals surface area contributed by atoms with E-state index in [4.69, 9.17) is 4.74 Å². The number of rotatable bonds is 5. The molecule has 0 unspecified atom stereocenters. The highest BCUT2D eigenvalue weighted by Crippen LogP contribution is 2.46. The number of benzene rings is 2. The van der Waals surface area contributed by atoms with Gasteiger partial charge in [0, 0.05) is 44.6 Å². The second-order valence-electron chi connectivity index (χ2n) is 9.46. The van der Waals surface area contributed by atoms with Gasteiger partial charge in [0.1, 0.15) is 0 Å². The van der Waals surface area contributed by atoms with Crippen molar-refractivity contribution in [3.63, 3.8) is 0 Å². The Balaban J connectivity index is 1.62. The average Bonchev–Trinajstić information content (AvgIpc) is 3.45. The first-order chi connectivity index (χ1) is 16.0. The minimum Gasteiger partial charge on any atom is -0.361 e. The first-order valence-electron chi connectivity index (χ1n) is 11.8. The van der Waals surface area contributed by atoms with E-state index in [9.17, 15) is 4.79 Å². The van der Waals surface area contributed by atoms with Crippen molar-refractivity contribution in [3.8, 4) is 0 Å². The van der Waals surface area contributed by atoms with Crippen molar-refractivity contribution in [2.24, 2.45) is 0 Å². The molecule has 2 atom stereocenters. The summed E-state index contributed by atoms with van der Waals surface area (Å²) < 4.78 is 8.50. The van der Waals surface area contributed by atoms with Crippen LogP contribution in [0.15, 0.2) is 72.9 Å². The molecule has 1 amide bonds. The molecule has 0 radical (unpaired) electrons. The van der Waals surface area contributed by atoms with Gasteiger partial charge < -0.3 is 9.64 Å². The number of nitrogens with zero attached hydrogens (tertiary/aromatic N) is 4. The molecule has 0 bridgehead atoms. The van der Waals surface area contributed by atoms with Crippen LogP contribution < -0.4 is 0 Å². The molecule has 2 aliphatic rings. The lowest BCUT2D eigenvalue weighted by Crippen LogP contribution is -2.59. The number of carbonyl (C=O) groups is 1. The highest BCUT2D eigenvalue weighted by Gasteiger charge is 2.58. The molecule has 3 aromatic rings. The van der Waals surface area contributed by atoms with Gasteiger partial charge in [0.05, 0.1) is 18.6 Å². The standard InChI is InChI=1S/C27H32N4O2/c1-20(2)31-24(14-15-28-31)23-18-30(19-27(23)26(32)29(3)16-17-33-27)25(21-10-6-4-7-11-21)22-12-8-5-9-13-22/h4-15,20,23,25H,16-19H2,1-3H3/t23-,27+/m0/s1. The van der Waals surface area contributed by atoms with E-state index in [1.807, 2.05) is 35.0 Å². The summed E-state index contributed by atoms with van der Waals surface area (Å²) in [5.41, 5.74) is 2.58. The van der Waals surface area contributed by atoms with Crippen LogP contribution in [0.25, 0.3) is 0 Å². The summed E-state index contributed by atoms with van der Waals surface area (Å²) in [6.45, 7) is 6.68. The van der Waals surface area contributed by atoms with Crippen molar-refractivity contribution in [2.75, 3.05) is 33.3 Å². The molecule has 6 heteroatoms. The normalized spacial score (nSPS) is 23.8. The number of aromatic nitrogens is 2. The summed E-state index contributed by atoms with van der Waals surface area (Å²) in [5, 5.41) is 4.59. The first kappa shape index (κ1) is 21.9. The fourth-order valence-electron chi connectivity index (χ4n) is 5.52. The molecule has 0 N–H and O–H groups in total. The molecular formula is C27H32N4O2. The highest BCUT2D eigenvalue weighted by molar-refractivity contribution is 5.88. The van der Waals surface area contributed by atoms with E-state index < -0.39 is 5.60 Å².